The first-order valence-corrected chi connectivity index (χ1v) is 13.4. The van der Waals surface area contributed by atoms with Crippen LogP contribution in [0.3, 0.4) is 0 Å². The number of amides is 1. The van der Waals surface area contributed by atoms with Crippen LogP contribution in [0.2, 0.25) is 0 Å². The summed E-state index contributed by atoms with van der Waals surface area (Å²) in [6.45, 7) is 4.60. The molecule has 2 fully saturated rings. The Morgan fingerprint density at radius 1 is 1.00 bits per heavy atom. The quantitative estimate of drug-likeness (QED) is 0.526. The molecule has 190 valence electrons. The number of piperidine rings is 1. The molecule has 0 atom stereocenters. The summed E-state index contributed by atoms with van der Waals surface area (Å²) in [5.74, 6) is 0.322. The molecule has 8 nitrogen and oxygen atoms in total. The smallest absolute Gasteiger partial charge is 0.243 e. The van der Waals surface area contributed by atoms with Crippen molar-refractivity contribution in [2.75, 3.05) is 52.5 Å². The first-order valence-electron chi connectivity index (χ1n) is 12.0. The Hall–Kier alpha value is -2.53. The van der Waals surface area contributed by atoms with E-state index in [2.05, 4.69) is 10.2 Å². The molecule has 2 saturated heterocycles. The number of benzene rings is 2. The van der Waals surface area contributed by atoms with E-state index >= 15 is 0 Å². The second kappa shape index (κ2) is 11.9. The van der Waals surface area contributed by atoms with Crippen molar-refractivity contribution in [2.24, 2.45) is 5.92 Å². The molecule has 0 aromatic heterocycles. The maximum absolute atomic E-state index is 13.1. The van der Waals surface area contributed by atoms with Crippen LogP contribution in [0.15, 0.2) is 53.4 Å². The zero-order chi connectivity index (χ0) is 24.7. The van der Waals surface area contributed by atoms with Crippen molar-refractivity contribution in [3.8, 4) is 5.75 Å². The van der Waals surface area contributed by atoms with Crippen molar-refractivity contribution >= 4 is 15.9 Å². The van der Waals surface area contributed by atoms with Crippen LogP contribution in [0.5, 0.6) is 5.75 Å². The SMILES string of the molecule is O=C(NCCOc1ccc(S(=O)(=O)N2CCOCC2)cc1)C1CCN(Cc2ccc(F)cc2)CC1. The Morgan fingerprint density at radius 3 is 2.31 bits per heavy atom. The third kappa shape index (κ3) is 7.00. The maximum Gasteiger partial charge on any atom is 0.243 e. The number of halogens is 1. The van der Waals surface area contributed by atoms with Gasteiger partial charge in [0.2, 0.25) is 15.9 Å². The Kier molecular flexibility index (Phi) is 8.72. The van der Waals surface area contributed by atoms with Crippen molar-refractivity contribution in [1.82, 2.24) is 14.5 Å². The van der Waals surface area contributed by atoms with Gasteiger partial charge in [0.05, 0.1) is 24.7 Å². The predicted octanol–water partition coefficient (Wildman–Crippen LogP) is 2.25. The van der Waals surface area contributed by atoms with E-state index in [0.717, 1.165) is 38.0 Å². The second-order valence-electron chi connectivity index (χ2n) is 8.80. The number of hydrogen-bond donors (Lipinski definition) is 1. The number of nitrogens with one attached hydrogen (secondary N) is 1. The molecular formula is C25H32FN3O5S. The molecule has 4 rings (SSSR count). The standard InChI is InChI=1S/C25H32FN3O5S/c26-22-3-1-20(2-4-22)19-28-12-9-21(10-13-28)25(30)27-11-16-34-23-5-7-24(8-6-23)35(31,32)29-14-17-33-18-15-29/h1-8,21H,9-19H2,(H,27,30). The van der Waals surface area contributed by atoms with Gasteiger partial charge in [-0.05, 0) is 67.9 Å². The number of morpholine rings is 1. The van der Waals surface area contributed by atoms with Crippen LogP contribution in [0, 0.1) is 11.7 Å². The van der Waals surface area contributed by atoms with Gasteiger partial charge in [-0.15, -0.1) is 0 Å². The fourth-order valence-electron chi connectivity index (χ4n) is 4.33. The van der Waals surface area contributed by atoms with E-state index in [4.69, 9.17) is 9.47 Å². The molecule has 2 aliphatic rings. The zero-order valence-electron chi connectivity index (χ0n) is 19.7. The summed E-state index contributed by atoms with van der Waals surface area (Å²) < 4.78 is 50.7. The highest BCUT2D eigenvalue weighted by atomic mass is 32.2. The number of nitrogens with zero attached hydrogens (tertiary/aromatic N) is 2. The summed E-state index contributed by atoms with van der Waals surface area (Å²) in [4.78, 5) is 15.0. The lowest BCUT2D eigenvalue weighted by molar-refractivity contribution is -0.126. The van der Waals surface area contributed by atoms with Crippen LogP contribution in [-0.4, -0.2) is 76.1 Å². The topological polar surface area (TPSA) is 88.2 Å². The molecule has 0 unspecified atom stereocenters. The zero-order valence-corrected chi connectivity index (χ0v) is 20.5. The van der Waals surface area contributed by atoms with Gasteiger partial charge in [0.1, 0.15) is 18.2 Å². The van der Waals surface area contributed by atoms with E-state index in [1.165, 1.54) is 16.4 Å². The number of carbonyl (C=O) groups is 1. The molecule has 0 aliphatic carbocycles. The highest BCUT2D eigenvalue weighted by Gasteiger charge is 2.26. The molecule has 2 aromatic rings. The van der Waals surface area contributed by atoms with E-state index in [1.54, 1.807) is 36.4 Å². The number of hydrogen-bond acceptors (Lipinski definition) is 6. The van der Waals surface area contributed by atoms with Gasteiger partial charge in [-0.1, -0.05) is 12.1 Å². The fraction of sp³-hybridized carbons (Fsp3) is 0.480. The number of ether oxygens (including phenoxy) is 2. The van der Waals surface area contributed by atoms with Gasteiger partial charge >= 0.3 is 0 Å². The first-order chi connectivity index (χ1) is 16.9. The number of rotatable bonds is 9. The van der Waals surface area contributed by atoms with Gasteiger partial charge in [0.25, 0.3) is 0 Å². The molecule has 0 saturated carbocycles. The summed E-state index contributed by atoms with van der Waals surface area (Å²) in [5, 5.41) is 2.93. The van der Waals surface area contributed by atoms with Gasteiger partial charge in [-0.3, -0.25) is 9.69 Å². The van der Waals surface area contributed by atoms with Crippen molar-refractivity contribution < 1.29 is 27.1 Å². The van der Waals surface area contributed by atoms with Crippen LogP contribution in [0.4, 0.5) is 4.39 Å². The summed E-state index contributed by atoms with van der Waals surface area (Å²) in [7, 11) is -3.53. The molecule has 0 spiro atoms. The van der Waals surface area contributed by atoms with Crippen molar-refractivity contribution in [1.29, 1.82) is 0 Å². The Bertz CT molecular complexity index is 1070. The molecule has 0 radical (unpaired) electrons. The molecular weight excluding hydrogens is 473 g/mol. The minimum absolute atomic E-state index is 0.0239. The van der Waals surface area contributed by atoms with Gasteiger partial charge in [-0.2, -0.15) is 4.31 Å². The molecule has 0 bridgehead atoms. The summed E-state index contributed by atoms with van der Waals surface area (Å²) in [6.07, 6.45) is 1.57. The van der Waals surface area contributed by atoms with Crippen LogP contribution in [-0.2, 0) is 26.1 Å². The number of sulfonamides is 1. The van der Waals surface area contributed by atoms with E-state index in [0.29, 0.717) is 45.2 Å². The highest BCUT2D eigenvalue weighted by Crippen LogP contribution is 2.21. The lowest BCUT2D eigenvalue weighted by Gasteiger charge is -2.31. The highest BCUT2D eigenvalue weighted by molar-refractivity contribution is 7.89. The van der Waals surface area contributed by atoms with Crippen LogP contribution in [0.1, 0.15) is 18.4 Å². The summed E-state index contributed by atoms with van der Waals surface area (Å²) in [6, 6.07) is 12.9. The van der Waals surface area contributed by atoms with Gasteiger partial charge in [0, 0.05) is 25.6 Å². The lowest BCUT2D eigenvalue weighted by Crippen LogP contribution is -2.41. The van der Waals surface area contributed by atoms with Crippen LogP contribution >= 0.6 is 0 Å². The Morgan fingerprint density at radius 2 is 1.66 bits per heavy atom. The Labute approximate surface area is 206 Å². The van der Waals surface area contributed by atoms with E-state index < -0.39 is 10.0 Å². The van der Waals surface area contributed by atoms with E-state index in [1.807, 2.05) is 0 Å². The van der Waals surface area contributed by atoms with Gasteiger partial charge in [-0.25, -0.2) is 12.8 Å². The minimum atomic E-state index is -3.53. The lowest BCUT2D eigenvalue weighted by atomic mass is 9.95. The third-order valence-corrected chi connectivity index (χ3v) is 8.29. The number of likely N-dealkylation sites (tertiary alicyclic amines) is 1. The van der Waals surface area contributed by atoms with Crippen molar-refractivity contribution in [2.45, 2.75) is 24.3 Å². The molecule has 35 heavy (non-hydrogen) atoms. The average molecular weight is 506 g/mol. The van der Waals surface area contributed by atoms with Crippen LogP contribution < -0.4 is 10.1 Å². The summed E-state index contributed by atoms with van der Waals surface area (Å²) in [5.41, 5.74) is 1.07. The van der Waals surface area contributed by atoms with Crippen molar-refractivity contribution in [3.63, 3.8) is 0 Å². The fourth-order valence-corrected chi connectivity index (χ4v) is 5.74. The summed E-state index contributed by atoms with van der Waals surface area (Å²) >= 11 is 0. The van der Waals surface area contributed by atoms with Crippen LogP contribution in [0.25, 0.3) is 0 Å². The molecule has 1 N–H and O–H groups in total. The molecule has 2 heterocycles. The molecule has 2 aromatic carbocycles. The average Bonchev–Trinajstić information content (AvgIpc) is 2.89. The van der Waals surface area contributed by atoms with E-state index in [9.17, 15) is 17.6 Å². The maximum atomic E-state index is 13.1. The second-order valence-corrected chi connectivity index (χ2v) is 10.7. The minimum Gasteiger partial charge on any atom is -0.492 e. The van der Waals surface area contributed by atoms with Gasteiger partial charge < -0.3 is 14.8 Å². The van der Waals surface area contributed by atoms with Crippen molar-refractivity contribution in [3.05, 3.63) is 59.9 Å². The number of carbonyl (C=O) groups excluding carboxylic acids is 1. The monoisotopic (exact) mass is 505 g/mol. The molecule has 10 heteroatoms. The first kappa shape index (κ1) is 25.6. The molecule has 1 amide bonds. The third-order valence-electron chi connectivity index (χ3n) is 6.38. The normalized spacial score (nSPS) is 18.3. The van der Waals surface area contributed by atoms with E-state index in [-0.39, 0.29) is 22.5 Å². The largest absolute Gasteiger partial charge is 0.492 e. The van der Waals surface area contributed by atoms with Gasteiger partial charge in [0.15, 0.2) is 0 Å². The molecule has 2 aliphatic heterocycles. The Balaban J connectivity index is 1.15. The predicted molar refractivity (Wildman–Crippen MR) is 129 cm³/mol.